The fourth-order valence-corrected chi connectivity index (χ4v) is 4.56. The average Bonchev–Trinajstić information content (AvgIpc) is 2.21. The van der Waals surface area contributed by atoms with Gasteiger partial charge < -0.3 is 10.4 Å². The number of phenols is 1. The van der Waals surface area contributed by atoms with Crippen molar-refractivity contribution >= 4 is 79.4 Å². The molecule has 0 saturated heterocycles. The average molecular weight is 543 g/mol. The smallest absolute Gasteiger partial charge is 0.224 e. The van der Waals surface area contributed by atoms with Crippen molar-refractivity contribution in [2.24, 2.45) is 0 Å². The minimum absolute atomic E-state index is 0.0496. The topological polar surface area (TPSA) is 49.3 Å². The number of halogens is 3. The van der Waals surface area contributed by atoms with Crippen molar-refractivity contribution in [1.29, 1.82) is 0 Å². The van der Waals surface area contributed by atoms with E-state index in [1.165, 1.54) is 0 Å². The number of hydrogen-bond donors (Lipinski definition) is 2. The number of aromatic hydroxyl groups is 1. The number of carbonyl (C=O) groups excluding carboxylic acids is 1. The van der Waals surface area contributed by atoms with E-state index in [4.69, 9.17) is 0 Å². The monoisotopic (exact) mass is 543 g/mol. The van der Waals surface area contributed by atoms with Crippen molar-refractivity contribution in [3.63, 3.8) is 0 Å². The first-order valence-electron chi connectivity index (χ1n) is 4.13. The standard InChI is InChI=1S/C9H8I3NO2/c1-2-6(14)13-8-4(10)3-5(11)9(15)7(8)12/h3,15H,2H2,1H3,(H,13,14). The van der Waals surface area contributed by atoms with Gasteiger partial charge >= 0.3 is 0 Å². The first-order valence-corrected chi connectivity index (χ1v) is 7.37. The van der Waals surface area contributed by atoms with Crippen LogP contribution in [0.25, 0.3) is 0 Å². The maximum absolute atomic E-state index is 11.3. The number of rotatable bonds is 2. The predicted octanol–water partition coefficient (Wildman–Crippen LogP) is 3.55. The Bertz CT molecular complexity index is 407. The van der Waals surface area contributed by atoms with Gasteiger partial charge in [-0.2, -0.15) is 0 Å². The Kier molecular flexibility index (Phi) is 5.36. The van der Waals surface area contributed by atoms with E-state index in [9.17, 15) is 9.90 Å². The summed E-state index contributed by atoms with van der Waals surface area (Å²) >= 11 is 6.24. The number of anilines is 1. The van der Waals surface area contributed by atoms with E-state index in [1.54, 1.807) is 6.92 Å². The Balaban J connectivity index is 3.18. The van der Waals surface area contributed by atoms with Gasteiger partial charge in [-0.1, -0.05) is 6.92 Å². The molecule has 3 nitrogen and oxygen atoms in total. The fraction of sp³-hybridized carbons (Fsp3) is 0.222. The first kappa shape index (κ1) is 13.7. The van der Waals surface area contributed by atoms with Crippen LogP contribution in [0.1, 0.15) is 13.3 Å². The number of carbonyl (C=O) groups is 1. The number of amides is 1. The lowest BCUT2D eigenvalue weighted by Gasteiger charge is -2.11. The highest BCUT2D eigenvalue weighted by Crippen LogP contribution is 2.35. The van der Waals surface area contributed by atoms with E-state index >= 15 is 0 Å². The highest BCUT2D eigenvalue weighted by Gasteiger charge is 2.14. The minimum Gasteiger partial charge on any atom is -0.506 e. The van der Waals surface area contributed by atoms with Crippen LogP contribution in [0.15, 0.2) is 6.07 Å². The Morgan fingerprint density at radius 3 is 2.53 bits per heavy atom. The highest BCUT2D eigenvalue weighted by molar-refractivity contribution is 14.1. The van der Waals surface area contributed by atoms with Gasteiger partial charge in [-0.05, 0) is 73.8 Å². The molecule has 1 amide bonds. The molecule has 0 aliphatic rings. The molecule has 0 fully saturated rings. The number of phenolic OH excluding ortho intramolecular Hbond substituents is 1. The number of hydrogen-bond acceptors (Lipinski definition) is 2. The molecule has 0 saturated carbocycles. The molecule has 0 aliphatic heterocycles. The molecule has 0 aromatic heterocycles. The van der Waals surface area contributed by atoms with Gasteiger partial charge in [0.15, 0.2) is 0 Å². The normalized spacial score (nSPS) is 10.1. The Labute approximate surface area is 129 Å². The van der Waals surface area contributed by atoms with Gasteiger partial charge in [-0.25, -0.2) is 0 Å². The van der Waals surface area contributed by atoms with Crippen molar-refractivity contribution in [2.75, 3.05) is 5.32 Å². The second kappa shape index (κ2) is 5.84. The molecule has 2 N–H and O–H groups in total. The maximum Gasteiger partial charge on any atom is 0.224 e. The molecule has 15 heavy (non-hydrogen) atoms. The third kappa shape index (κ3) is 3.32. The molecule has 82 valence electrons. The third-order valence-electron chi connectivity index (χ3n) is 1.73. The van der Waals surface area contributed by atoms with E-state index in [-0.39, 0.29) is 11.7 Å². The zero-order valence-corrected chi connectivity index (χ0v) is 14.2. The summed E-state index contributed by atoms with van der Waals surface area (Å²) in [7, 11) is 0. The summed E-state index contributed by atoms with van der Waals surface area (Å²) in [4.78, 5) is 11.3. The van der Waals surface area contributed by atoms with Gasteiger partial charge in [-0.3, -0.25) is 4.79 Å². The summed E-state index contributed by atoms with van der Waals surface area (Å²) in [5.41, 5.74) is 0.695. The largest absolute Gasteiger partial charge is 0.506 e. The van der Waals surface area contributed by atoms with Crippen LogP contribution in [0.3, 0.4) is 0 Å². The molecule has 0 unspecified atom stereocenters. The van der Waals surface area contributed by atoms with Crippen LogP contribution in [-0.2, 0) is 4.79 Å². The van der Waals surface area contributed by atoms with Crippen molar-refractivity contribution in [1.82, 2.24) is 0 Å². The van der Waals surface area contributed by atoms with E-state index in [0.29, 0.717) is 15.7 Å². The van der Waals surface area contributed by atoms with Crippen LogP contribution < -0.4 is 5.32 Å². The lowest BCUT2D eigenvalue weighted by molar-refractivity contribution is -0.115. The molecule has 0 radical (unpaired) electrons. The third-order valence-corrected chi connectivity index (χ3v) is 4.45. The highest BCUT2D eigenvalue weighted by atomic mass is 127. The van der Waals surface area contributed by atoms with Crippen LogP contribution in [0, 0.1) is 10.7 Å². The summed E-state index contributed by atoms with van der Waals surface area (Å²) in [5.74, 6) is 0.175. The quantitative estimate of drug-likeness (QED) is 0.562. The molecule has 0 spiro atoms. The van der Waals surface area contributed by atoms with Crippen LogP contribution >= 0.6 is 67.8 Å². The zero-order valence-electron chi connectivity index (χ0n) is 7.77. The summed E-state index contributed by atoms with van der Waals surface area (Å²) in [6.07, 6.45) is 0.429. The minimum atomic E-state index is -0.0496. The van der Waals surface area contributed by atoms with Crippen molar-refractivity contribution in [2.45, 2.75) is 13.3 Å². The Morgan fingerprint density at radius 1 is 1.40 bits per heavy atom. The molecule has 6 heteroatoms. The lowest BCUT2D eigenvalue weighted by Crippen LogP contribution is -2.12. The summed E-state index contributed by atoms with van der Waals surface area (Å²) in [5, 5.41) is 12.5. The predicted molar refractivity (Wildman–Crippen MR) is 85.2 cm³/mol. The Hall–Kier alpha value is 0.680. The van der Waals surface area contributed by atoms with E-state index < -0.39 is 0 Å². The maximum atomic E-state index is 11.3. The van der Waals surface area contributed by atoms with Gasteiger partial charge in [0, 0.05) is 9.99 Å². The van der Waals surface area contributed by atoms with Gasteiger partial charge in [0.2, 0.25) is 5.91 Å². The molecule has 0 atom stereocenters. The number of nitrogens with one attached hydrogen (secondary N) is 1. The van der Waals surface area contributed by atoms with Crippen LogP contribution in [0.4, 0.5) is 5.69 Å². The molecule has 1 aromatic rings. The number of benzene rings is 1. The van der Waals surface area contributed by atoms with Gasteiger partial charge in [0.1, 0.15) is 5.75 Å². The fourth-order valence-electron chi connectivity index (χ4n) is 0.922. The molecule has 0 aliphatic carbocycles. The van der Waals surface area contributed by atoms with Crippen molar-refractivity contribution < 1.29 is 9.90 Å². The SMILES string of the molecule is CCC(=O)Nc1c(I)cc(I)c(O)c1I. The summed E-state index contributed by atoms with van der Waals surface area (Å²) in [6, 6.07) is 1.84. The van der Waals surface area contributed by atoms with Crippen molar-refractivity contribution in [3.8, 4) is 5.75 Å². The van der Waals surface area contributed by atoms with Crippen LogP contribution in [-0.4, -0.2) is 11.0 Å². The molecule has 0 heterocycles. The van der Waals surface area contributed by atoms with Crippen molar-refractivity contribution in [3.05, 3.63) is 16.8 Å². The second-order valence-electron chi connectivity index (χ2n) is 2.78. The molecule has 0 bridgehead atoms. The summed E-state index contributed by atoms with van der Waals surface area (Å²) in [6.45, 7) is 1.79. The van der Waals surface area contributed by atoms with Gasteiger partial charge in [-0.15, -0.1) is 0 Å². The van der Waals surface area contributed by atoms with Gasteiger partial charge in [0.25, 0.3) is 0 Å². The Morgan fingerprint density at radius 2 is 2.00 bits per heavy atom. The first-order chi connectivity index (χ1) is 6.97. The lowest BCUT2D eigenvalue weighted by atomic mass is 10.3. The van der Waals surface area contributed by atoms with Crippen LogP contribution in [0.5, 0.6) is 5.75 Å². The molecule has 1 rings (SSSR count). The molecule has 1 aromatic carbocycles. The molecular weight excluding hydrogens is 535 g/mol. The summed E-state index contributed by atoms with van der Waals surface area (Å²) < 4.78 is 2.41. The van der Waals surface area contributed by atoms with Gasteiger partial charge in [0.05, 0.1) is 12.8 Å². The van der Waals surface area contributed by atoms with E-state index in [1.807, 2.05) is 28.7 Å². The van der Waals surface area contributed by atoms with Crippen LogP contribution in [0.2, 0.25) is 0 Å². The second-order valence-corrected chi connectivity index (χ2v) is 6.18. The van der Waals surface area contributed by atoms with E-state index in [2.05, 4.69) is 50.5 Å². The zero-order chi connectivity index (χ0) is 11.6. The van der Waals surface area contributed by atoms with E-state index in [0.717, 1.165) is 7.14 Å². The molecular formula is C9H8I3NO2.